The molecule has 0 radical (unpaired) electrons. The molecule has 1 aliphatic rings. The van der Waals surface area contributed by atoms with E-state index in [0.29, 0.717) is 12.8 Å². The first-order chi connectivity index (χ1) is 5.70. The molecular formula is C9H15NOS. The minimum Gasteiger partial charge on any atom is -0.324 e. The van der Waals surface area contributed by atoms with Gasteiger partial charge in [0.1, 0.15) is 5.78 Å². The minimum atomic E-state index is -0.0259. The van der Waals surface area contributed by atoms with E-state index in [0.717, 1.165) is 30.5 Å². The van der Waals surface area contributed by atoms with Gasteiger partial charge in [0.05, 0.1) is 0 Å². The molecular weight excluding hydrogens is 170 g/mol. The molecule has 1 aliphatic carbocycles. The van der Waals surface area contributed by atoms with E-state index in [9.17, 15) is 4.79 Å². The van der Waals surface area contributed by atoms with Crippen LogP contribution in [0.4, 0.5) is 0 Å². The fourth-order valence-corrected chi connectivity index (χ4v) is 1.72. The molecule has 0 bridgehead atoms. The van der Waals surface area contributed by atoms with Crippen LogP contribution in [0.3, 0.4) is 0 Å². The fourth-order valence-electron chi connectivity index (χ4n) is 1.44. The van der Waals surface area contributed by atoms with Gasteiger partial charge in [-0.3, -0.25) is 4.79 Å². The average Bonchev–Trinajstić information content (AvgIpc) is 2.07. The second-order valence-corrected chi connectivity index (χ2v) is 3.91. The van der Waals surface area contributed by atoms with Gasteiger partial charge in [0.25, 0.3) is 0 Å². The van der Waals surface area contributed by atoms with Crippen molar-refractivity contribution in [1.82, 2.24) is 0 Å². The number of thiocarbonyl (C=S) groups is 1. The molecule has 1 rings (SSSR count). The lowest BCUT2D eigenvalue weighted by molar-refractivity contribution is -0.118. The van der Waals surface area contributed by atoms with Gasteiger partial charge in [-0.15, -0.1) is 0 Å². The van der Waals surface area contributed by atoms with Crippen LogP contribution in [0.5, 0.6) is 0 Å². The Kier molecular flexibility index (Phi) is 3.82. The fraction of sp³-hybridized carbons (Fsp3) is 0.778. The van der Waals surface area contributed by atoms with E-state index in [4.69, 9.17) is 18.0 Å². The maximum atomic E-state index is 11.2. The Hall–Kier alpha value is -0.280. The molecule has 0 aromatic heterocycles. The van der Waals surface area contributed by atoms with Crippen molar-refractivity contribution in [2.45, 2.75) is 44.6 Å². The molecule has 3 heteroatoms. The number of Topliss-reactive ketones (excluding diaryl/α,β-unsaturated/α-hetero) is 1. The van der Waals surface area contributed by atoms with Crippen LogP contribution >= 0.6 is 12.2 Å². The number of carbonyl (C=O) groups is 1. The topological polar surface area (TPSA) is 43.1 Å². The van der Waals surface area contributed by atoms with E-state index in [1.807, 2.05) is 0 Å². The molecule has 0 aromatic carbocycles. The van der Waals surface area contributed by atoms with Crippen molar-refractivity contribution in [2.75, 3.05) is 0 Å². The largest absolute Gasteiger partial charge is 0.324 e. The van der Waals surface area contributed by atoms with Crippen molar-refractivity contribution in [1.29, 1.82) is 0 Å². The third kappa shape index (κ3) is 2.99. The smallest absolute Gasteiger partial charge is 0.137 e. The molecule has 0 aromatic rings. The Bertz CT molecular complexity index is 191. The highest BCUT2D eigenvalue weighted by molar-refractivity contribution is 7.80. The van der Waals surface area contributed by atoms with E-state index >= 15 is 0 Å². The van der Waals surface area contributed by atoms with Crippen LogP contribution in [0.15, 0.2) is 0 Å². The molecule has 0 spiro atoms. The lowest BCUT2D eigenvalue weighted by atomic mass is 10.1. The van der Waals surface area contributed by atoms with Crippen molar-refractivity contribution in [3.63, 3.8) is 0 Å². The van der Waals surface area contributed by atoms with Gasteiger partial charge in [0.15, 0.2) is 0 Å². The van der Waals surface area contributed by atoms with E-state index in [-0.39, 0.29) is 11.8 Å². The van der Waals surface area contributed by atoms with Gasteiger partial charge in [-0.2, -0.15) is 0 Å². The standard InChI is InChI=1S/C9H15NOS/c10-8-5-3-1-2-4-7(11)6-9(8)12/h8H,1-6,10H2. The lowest BCUT2D eigenvalue weighted by Crippen LogP contribution is -2.29. The third-order valence-electron chi connectivity index (χ3n) is 2.26. The molecule has 1 fully saturated rings. The van der Waals surface area contributed by atoms with Crippen LogP contribution in [0.1, 0.15) is 38.5 Å². The number of carbonyl (C=O) groups excluding carboxylic acids is 1. The van der Waals surface area contributed by atoms with Gasteiger partial charge in [-0.25, -0.2) is 0 Å². The van der Waals surface area contributed by atoms with Crippen LogP contribution < -0.4 is 5.73 Å². The van der Waals surface area contributed by atoms with Gasteiger partial charge in [0.2, 0.25) is 0 Å². The van der Waals surface area contributed by atoms with Gasteiger partial charge in [-0.05, 0) is 12.8 Å². The molecule has 0 heterocycles. The highest BCUT2D eigenvalue weighted by Crippen LogP contribution is 2.12. The SMILES string of the molecule is NC1CCCCCC(=O)CC1=S. The molecule has 12 heavy (non-hydrogen) atoms. The maximum Gasteiger partial charge on any atom is 0.137 e. The molecule has 2 N–H and O–H groups in total. The molecule has 1 saturated carbocycles. The van der Waals surface area contributed by atoms with Crippen LogP contribution in [0, 0.1) is 0 Å². The Morgan fingerprint density at radius 1 is 1.33 bits per heavy atom. The van der Waals surface area contributed by atoms with E-state index < -0.39 is 0 Å². The maximum absolute atomic E-state index is 11.2. The number of rotatable bonds is 0. The van der Waals surface area contributed by atoms with E-state index in [2.05, 4.69) is 0 Å². The summed E-state index contributed by atoms with van der Waals surface area (Å²) in [6.45, 7) is 0. The lowest BCUT2D eigenvalue weighted by Gasteiger charge is -2.09. The first-order valence-corrected chi connectivity index (χ1v) is 4.91. The normalized spacial score (nSPS) is 27.6. The van der Waals surface area contributed by atoms with Gasteiger partial charge < -0.3 is 5.73 Å². The summed E-state index contributed by atoms with van der Waals surface area (Å²) in [5.74, 6) is 0.261. The zero-order valence-electron chi connectivity index (χ0n) is 7.21. The number of hydrogen-bond donors (Lipinski definition) is 1. The predicted octanol–water partition coefficient (Wildman–Crippen LogP) is 1.61. The molecule has 0 amide bonds. The second-order valence-electron chi connectivity index (χ2n) is 3.39. The van der Waals surface area contributed by atoms with Crippen LogP contribution in [0.25, 0.3) is 0 Å². The molecule has 0 saturated heterocycles. The zero-order valence-corrected chi connectivity index (χ0v) is 8.03. The van der Waals surface area contributed by atoms with Crippen LogP contribution in [0.2, 0.25) is 0 Å². The van der Waals surface area contributed by atoms with Crippen molar-refractivity contribution >= 4 is 22.9 Å². The quantitative estimate of drug-likeness (QED) is 0.583. The summed E-state index contributed by atoms with van der Waals surface area (Å²) in [4.78, 5) is 12.0. The molecule has 0 aliphatic heterocycles. The monoisotopic (exact) mass is 185 g/mol. The summed E-state index contributed by atoms with van der Waals surface area (Å²) in [6.07, 6.45) is 5.29. The van der Waals surface area contributed by atoms with Crippen molar-refractivity contribution in [2.24, 2.45) is 5.73 Å². The Balaban J connectivity index is 2.52. The van der Waals surface area contributed by atoms with Gasteiger partial charge in [-0.1, -0.05) is 25.1 Å². The summed E-state index contributed by atoms with van der Waals surface area (Å²) in [7, 11) is 0. The first kappa shape index (κ1) is 9.81. The summed E-state index contributed by atoms with van der Waals surface area (Å²) >= 11 is 5.07. The number of ketones is 1. The highest BCUT2D eigenvalue weighted by atomic mass is 32.1. The molecule has 1 atom stereocenters. The van der Waals surface area contributed by atoms with Crippen molar-refractivity contribution in [3.8, 4) is 0 Å². The summed E-state index contributed by atoms with van der Waals surface area (Å²) in [5, 5.41) is 0. The summed E-state index contributed by atoms with van der Waals surface area (Å²) in [6, 6.07) is -0.0259. The van der Waals surface area contributed by atoms with Gasteiger partial charge in [0, 0.05) is 23.7 Å². The third-order valence-corrected chi connectivity index (χ3v) is 2.70. The average molecular weight is 185 g/mol. The van der Waals surface area contributed by atoms with Crippen LogP contribution in [-0.2, 0) is 4.79 Å². The summed E-state index contributed by atoms with van der Waals surface area (Å²) in [5.41, 5.74) is 5.79. The van der Waals surface area contributed by atoms with E-state index in [1.54, 1.807) is 0 Å². The van der Waals surface area contributed by atoms with Crippen molar-refractivity contribution < 1.29 is 4.79 Å². The van der Waals surface area contributed by atoms with Gasteiger partial charge >= 0.3 is 0 Å². The molecule has 68 valence electrons. The predicted molar refractivity (Wildman–Crippen MR) is 53.3 cm³/mol. The second kappa shape index (κ2) is 4.67. The first-order valence-electron chi connectivity index (χ1n) is 4.50. The molecule has 1 unspecified atom stereocenters. The number of hydrogen-bond acceptors (Lipinski definition) is 3. The number of nitrogens with two attached hydrogens (primary N) is 1. The van der Waals surface area contributed by atoms with Crippen molar-refractivity contribution in [3.05, 3.63) is 0 Å². The highest BCUT2D eigenvalue weighted by Gasteiger charge is 2.14. The zero-order chi connectivity index (χ0) is 8.97. The van der Waals surface area contributed by atoms with Crippen LogP contribution in [-0.4, -0.2) is 16.7 Å². The van der Waals surface area contributed by atoms with E-state index in [1.165, 1.54) is 0 Å². The minimum absolute atomic E-state index is 0.0259. The Labute approximate surface area is 78.5 Å². The molecule has 2 nitrogen and oxygen atoms in total. The summed E-state index contributed by atoms with van der Waals surface area (Å²) < 4.78 is 0. The Morgan fingerprint density at radius 2 is 2.08 bits per heavy atom. The Morgan fingerprint density at radius 3 is 2.83 bits per heavy atom.